The topological polar surface area (TPSA) is 32.3 Å². The highest BCUT2D eigenvalue weighted by atomic mass is 35.5. The molecule has 5 rings (SSSR count). The third-order valence-electron chi connectivity index (χ3n) is 5.27. The number of nitrogens with one attached hydrogen (secondary N) is 1. The van der Waals surface area contributed by atoms with Crippen LogP contribution in [0.1, 0.15) is 23.2 Å². The van der Waals surface area contributed by atoms with Gasteiger partial charge in [-0.1, -0.05) is 23.2 Å². The monoisotopic (exact) mass is 324 g/mol. The molecule has 0 aromatic heterocycles. The fourth-order valence-corrected chi connectivity index (χ4v) is 4.81. The van der Waals surface area contributed by atoms with E-state index in [9.17, 15) is 4.79 Å². The molecule has 3 heterocycles. The number of amides is 1. The number of rotatable bonds is 2. The Balaban J connectivity index is 1.50. The van der Waals surface area contributed by atoms with Crippen LogP contribution in [0.15, 0.2) is 18.2 Å². The molecule has 1 N–H and O–H groups in total. The summed E-state index contributed by atoms with van der Waals surface area (Å²) in [5, 5.41) is 4.17. The molecule has 4 bridgehead atoms. The van der Waals surface area contributed by atoms with Gasteiger partial charge in [0, 0.05) is 31.2 Å². The molecule has 3 unspecified atom stereocenters. The Morgan fingerprint density at radius 2 is 1.81 bits per heavy atom. The average molecular weight is 325 g/mol. The molecule has 5 heteroatoms. The average Bonchev–Trinajstić information content (AvgIpc) is 2.45. The number of carbonyl (C=O) groups is 1. The first-order valence-corrected chi connectivity index (χ1v) is 8.34. The van der Waals surface area contributed by atoms with Gasteiger partial charge in [-0.15, -0.1) is 0 Å². The van der Waals surface area contributed by atoms with Crippen LogP contribution in [0.25, 0.3) is 0 Å². The zero-order valence-corrected chi connectivity index (χ0v) is 13.2. The van der Waals surface area contributed by atoms with E-state index in [4.69, 9.17) is 23.2 Å². The van der Waals surface area contributed by atoms with Crippen LogP contribution in [0, 0.1) is 17.8 Å². The van der Waals surface area contributed by atoms with Crippen LogP contribution in [0.2, 0.25) is 10.0 Å². The van der Waals surface area contributed by atoms with Gasteiger partial charge in [-0.05, 0) is 48.8 Å². The Morgan fingerprint density at radius 1 is 1.10 bits per heavy atom. The number of hydrogen-bond donors (Lipinski definition) is 1. The van der Waals surface area contributed by atoms with Gasteiger partial charge in [0.25, 0.3) is 5.91 Å². The minimum atomic E-state index is -0.0268. The quantitative estimate of drug-likeness (QED) is 0.906. The Bertz CT molecular complexity index is 562. The Morgan fingerprint density at radius 3 is 2.43 bits per heavy atom. The largest absolute Gasteiger partial charge is 0.349 e. The Labute approximate surface area is 134 Å². The van der Waals surface area contributed by atoms with Crippen molar-refractivity contribution in [3.05, 3.63) is 33.8 Å². The molecule has 5 atom stereocenters. The number of hydrogen-bond acceptors (Lipinski definition) is 2. The molecule has 21 heavy (non-hydrogen) atoms. The summed E-state index contributed by atoms with van der Waals surface area (Å²) in [6.45, 7) is 3.54. The van der Waals surface area contributed by atoms with Gasteiger partial charge in [0.05, 0.1) is 10.0 Å². The van der Waals surface area contributed by atoms with Gasteiger partial charge >= 0.3 is 0 Å². The standard InChI is InChI=1S/C16H18Cl2N2O/c17-13-2-1-10(5-14(13)18)16(21)19-15-11-3-9-4-12(15)8-20(6-9)7-11/h1-2,5,9,11-12,15H,3-4,6-8H2,(H,19,21)/t9?,11-,12+,15?. The van der Waals surface area contributed by atoms with Crippen molar-refractivity contribution in [2.45, 2.75) is 18.9 Å². The fraction of sp³-hybridized carbons (Fsp3) is 0.562. The predicted molar refractivity (Wildman–Crippen MR) is 83.9 cm³/mol. The Kier molecular flexibility index (Phi) is 3.40. The molecule has 0 radical (unpaired) electrons. The zero-order chi connectivity index (χ0) is 14.6. The molecule has 3 nitrogen and oxygen atoms in total. The summed E-state index contributed by atoms with van der Waals surface area (Å²) in [6, 6.07) is 5.39. The van der Waals surface area contributed by atoms with Crippen LogP contribution >= 0.6 is 23.2 Å². The van der Waals surface area contributed by atoms with Crippen LogP contribution in [-0.4, -0.2) is 36.5 Å². The number of halogens is 2. The van der Waals surface area contributed by atoms with Gasteiger partial charge in [0.15, 0.2) is 0 Å². The summed E-state index contributed by atoms with van der Waals surface area (Å²) in [7, 11) is 0. The highest BCUT2D eigenvalue weighted by Crippen LogP contribution is 2.43. The van der Waals surface area contributed by atoms with Gasteiger partial charge in [0.2, 0.25) is 0 Å². The lowest BCUT2D eigenvalue weighted by Gasteiger charge is -2.55. The molecule has 1 saturated carbocycles. The highest BCUT2D eigenvalue weighted by Gasteiger charge is 2.47. The van der Waals surface area contributed by atoms with Crippen LogP contribution in [0.3, 0.4) is 0 Å². The van der Waals surface area contributed by atoms with E-state index in [2.05, 4.69) is 10.2 Å². The minimum Gasteiger partial charge on any atom is -0.349 e. The van der Waals surface area contributed by atoms with Crippen molar-refractivity contribution < 1.29 is 4.79 Å². The summed E-state index contributed by atoms with van der Waals surface area (Å²) >= 11 is 11.9. The number of carbonyl (C=O) groups excluding carboxylic acids is 1. The molecule has 112 valence electrons. The maximum atomic E-state index is 12.5. The third-order valence-corrected chi connectivity index (χ3v) is 6.01. The van der Waals surface area contributed by atoms with E-state index >= 15 is 0 Å². The lowest BCUT2D eigenvalue weighted by Crippen LogP contribution is -2.64. The molecule has 4 aliphatic rings. The summed E-state index contributed by atoms with van der Waals surface area (Å²) in [5.74, 6) is 2.05. The molecule has 1 aromatic rings. The van der Waals surface area contributed by atoms with Gasteiger partial charge < -0.3 is 10.2 Å². The third kappa shape index (κ3) is 2.45. The van der Waals surface area contributed by atoms with Gasteiger partial charge in [0.1, 0.15) is 0 Å². The second-order valence-corrected chi connectivity index (χ2v) is 7.52. The van der Waals surface area contributed by atoms with E-state index < -0.39 is 0 Å². The highest BCUT2D eigenvalue weighted by molar-refractivity contribution is 6.42. The second kappa shape index (κ2) is 5.15. The van der Waals surface area contributed by atoms with Crippen molar-refractivity contribution in [1.29, 1.82) is 0 Å². The molecular formula is C16H18Cl2N2O. The van der Waals surface area contributed by atoms with Crippen LogP contribution in [0.4, 0.5) is 0 Å². The minimum absolute atomic E-state index is 0.0268. The number of piperidine rings is 3. The first kappa shape index (κ1) is 13.9. The van der Waals surface area contributed by atoms with Crippen molar-refractivity contribution in [2.24, 2.45) is 17.8 Å². The van der Waals surface area contributed by atoms with Crippen molar-refractivity contribution in [1.82, 2.24) is 10.2 Å². The number of nitrogens with zero attached hydrogens (tertiary/aromatic N) is 1. The molecule has 3 saturated heterocycles. The smallest absolute Gasteiger partial charge is 0.251 e. The van der Waals surface area contributed by atoms with Crippen molar-refractivity contribution >= 4 is 29.1 Å². The first-order chi connectivity index (χ1) is 10.1. The summed E-state index contributed by atoms with van der Waals surface area (Å²) in [4.78, 5) is 15.0. The van der Waals surface area contributed by atoms with E-state index in [1.54, 1.807) is 18.2 Å². The molecule has 1 aliphatic carbocycles. The zero-order valence-electron chi connectivity index (χ0n) is 11.7. The van der Waals surface area contributed by atoms with E-state index in [0.29, 0.717) is 33.5 Å². The summed E-state index contributed by atoms with van der Waals surface area (Å²) < 4.78 is 0. The Hall–Kier alpha value is -0.770. The SMILES string of the molecule is O=C(NC1[C@@H]2CC3C[C@H]1CN(C3)C2)c1ccc(Cl)c(Cl)c1. The fourth-order valence-electron chi connectivity index (χ4n) is 4.52. The lowest BCUT2D eigenvalue weighted by atomic mass is 9.65. The molecule has 3 aliphatic heterocycles. The molecule has 4 fully saturated rings. The van der Waals surface area contributed by atoms with Crippen LogP contribution in [-0.2, 0) is 0 Å². The first-order valence-electron chi connectivity index (χ1n) is 7.58. The van der Waals surface area contributed by atoms with Crippen LogP contribution < -0.4 is 5.32 Å². The predicted octanol–water partition coefficient (Wildman–Crippen LogP) is 3.06. The maximum Gasteiger partial charge on any atom is 0.251 e. The molecule has 0 spiro atoms. The van der Waals surface area contributed by atoms with Crippen molar-refractivity contribution in [2.75, 3.05) is 19.6 Å². The molecular weight excluding hydrogens is 307 g/mol. The van der Waals surface area contributed by atoms with E-state index in [-0.39, 0.29) is 5.91 Å². The lowest BCUT2D eigenvalue weighted by molar-refractivity contribution is -0.0418. The van der Waals surface area contributed by atoms with E-state index in [1.807, 2.05) is 0 Å². The molecule has 1 aromatic carbocycles. The second-order valence-electron chi connectivity index (χ2n) is 6.70. The molecule has 1 amide bonds. The van der Waals surface area contributed by atoms with Gasteiger partial charge in [-0.3, -0.25) is 4.79 Å². The van der Waals surface area contributed by atoms with Crippen molar-refractivity contribution in [3.8, 4) is 0 Å². The van der Waals surface area contributed by atoms with Gasteiger partial charge in [-0.25, -0.2) is 0 Å². The van der Waals surface area contributed by atoms with E-state index in [1.165, 1.54) is 19.4 Å². The summed E-state index contributed by atoms with van der Waals surface area (Å²) in [6.07, 6.45) is 2.53. The van der Waals surface area contributed by atoms with E-state index in [0.717, 1.165) is 19.0 Å². The maximum absolute atomic E-state index is 12.5. The summed E-state index contributed by atoms with van der Waals surface area (Å²) in [5.41, 5.74) is 0.596. The van der Waals surface area contributed by atoms with Crippen LogP contribution in [0.5, 0.6) is 0 Å². The number of benzene rings is 1. The van der Waals surface area contributed by atoms with Crippen molar-refractivity contribution in [3.63, 3.8) is 0 Å². The van der Waals surface area contributed by atoms with Gasteiger partial charge in [-0.2, -0.15) is 0 Å². The normalized spacial score (nSPS) is 36.8.